The first-order valence-corrected chi connectivity index (χ1v) is 7.59. The van der Waals surface area contributed by atoms with Crippen LogP contribution < -0.4 is 10.2 Å². The molecule has 1 saturated heterocycles. The van der Waals surface area contributed by atoms with Crippen molar-refractivity contribution in [2.75, 3.05) is 0 Å². The average Bonchev–Trinajstić information content (AvgIpc) is 3.03. The molecule has 2 aromatic rings. The fraction of sp³-hybridized carbons (Fsp3) is 0.412. The number of hydrogen-bond acceptors (Lipinski definition) is 4. The van der Waals surface area contributed by atoms with Crippen LogP contribution in [0, 0.1) is 5.82 Å². The molecule has 1 aromatic carbocycles. The summed E-state index contributed by atoms with van der Waals surface area (Å²) in [5.41, 5.74) is -0.633. The van der Waals surface area contributed by atoms with Gasteiger partial charge < -0.3 is 18.5 Å². The summed E-state index contributed by atoms with van der Waals surface area (Å²) in [7, 11) is -0.723. The van der Waals surface area contributed by atoms with Crippen LogP contribution in [0.4, 0.5) is 4.39 Å². The zero-order chi connectivity index (χ0) is 16.7. The van der Waals surface area contributed by atoms with Crippen LogP contribution >= 0.6 is 0 Å². The first-order valence-electron chi connectivity index (χ1n) is 7.59. The molecule has 0 atom stereocenters. The highest BCUT2D eigenvalue weighted by atomic mass is 19.1. The third kappa shape index (κ3) is 3.14. The Hall–Kier alpha value is -1.79. The Morgan fingerprint density at radius 3 is 2.35 bits per heavy atom. The van der Waals surface area contributed by atoms with E-state index in [1.54, 1.807) is 30.5 Å². The zero-order valence-corrected chi connectivity index (χ0v) is 13.8. The van der Waals surface area contributed by atoms with Crippen molar-refractivity contribution in [3.05, 3.63) is 48.2 Å². The van der Waals surface area contributed by atoms with Crippen LogP contribution in [0.15, 0.2) is 41.0 Å². The second-order valence-corrected chi connectivity index (χ2v) is 6.64. The summed E-state index contributed by atoms with van der Waals surface area (Å²) in [4.78, 5) is 0. The molecule has 1 aromatic heterocycles. The fourth-order valence-corrected chi connectivity index (χ4v) is 2.31. The van der Waals surface area contributed by atoms with Gasteiger partial charge in [0.15, 0.2) is 0 Å². The van der Waals surface area contributed by atoms with E-state index in [1.807, 2.05) is 27.7 Å². The van der Waals surface area contributed by atoms with E-state index in [2.05, 4.69) is 0 Å². The van der Waals surface area contributed by atoms with Crippen LogP contribution in [-0.4, -0.2) is 18.3 Å². The summed E-state index contributed by atoms with van der Waals surface area (Å²) in [5.74, 6) is 0.694. The van der Waals surface area contributed by atoms with Crippen molar-refractivity contribution in [2.45, 2.75) is 45.5 Å². The van der Waals surface area contributed by atoms with E-state index in [0.29, 0.717) is 17.0 Å². The highest BCUT2D eigenvalue weighted by Gasteiger charge is 2.52. The monoisotopic (exact) mass is 318 g/mol. The van der Waals surface area contributed by atoms with Crippen LogP contribution in [0.1, 0.15) is 33.5 Å². The van der Waals surface area contributed by atoms with Crippen LogP contribution in [0.3, 0.4) is 0 Å². The lowest BCUT2D eigenvalue weighted by atomic mass is 9.78. The van der Waals surface area contributed by atoms with Crippen molar-refractivity contribution in [3.63, 3.8) is 0 Å². The van der Waals surface area contributed by atoms with E-state index in [9.17, 15) is 4.39 Å². The Morgan fingerprint density at radius 1 is 1.09 bits per heavy atom. The predicted molar refractivity (Wildman–Crippen MR) is 85.2 cm³/mol. The summed E-state index contributed by atoms with van der Waals surface area (Å²) >= 11 is 0. The number of furan rings is 1. The molecule has 0 N–H and O–H groups in total. The minimum Gasteiger partial charge on any atom is -0.486 e. The van der Waals surface area contributed by atoms with Crippen LogP contribution in [0.5, 0.6) is 5.75 Å². The quantitative estimate of drug-likeness (QED) is 0.811. The van der Waals surface area contributed by atoms with Crippen molar-refractivity contribution in [3.8, 4) is 5.75 Å². The van der Waals surface area contributed by atoms with Gasteiger partial charge >= 0.3 is 7.12 Å². The van der Waals surface area contributed by atoms with Gasteiger partial charge in [0.25, 0.3) is 0 Å². The van der Waals surface area contributed by atoms with Gasteiger partial charge in [-0.05, 0) is 45.9 Å². The maximum atomic E-state index is 14.4. The molecule has 1 fully saturated rings. The van der Waals surface area contributed by atoms with E-state index in [4.69, 9.17) is 18.5 Å². The molecule has 0 aliphatic carbocycles. The van der Waals surface area contributed by atoms with Gasteiger partial charge in [-0.25, -0.2) is 4.39 Å². The lowest BCUT2D eigenvalue weighted by Crippen LogP contribution is -2.41. The highest BCUT2D eigenvalue weighted by molar-refractivity contribution is 6.62. The zero-order valence-electron chi connectivity index (χ0n) is 13.8. The predicted octanol–water partition coefficient (Wildman–Crippen LogP) is 3.30. The third-order valence-electron chi connectivity index (χ3n) is 4.44. The number of ether oxygens (including phenoxy) is 1. The van der Waals surface area contributed by atoms with Crippen molar-refractivity contribution >= 4 is 12.6 Å². The van der Waals surface area contributed by atoms with Gasteiger partial charge in [-0.1, -0.05) is 6.07 Å². The molecule has 1 aliphatic heterocycles. The molecule has 3 rings (SSSR count). The highest BCUT2D eigenvalue weighted by Crippen LogP contribution is 2.36. The summed E-state index contributed by atoms with van der Waals surface area (Å²) in [6, 6.07) is 8.25. The lowest BCUT2D eigenvalue weighted by Gasteiger charge is -2.32. The molecule has 23 heavy (non-hydrogen) atoms. The molecule has 2 heterocycles. The van der Waals surface area contributed by atoms with Crippen LogP contribution in [0.2, 0.25) is 0 Å². The Bertz CT molecular complexity index is 666. The minimum atomic E-state index is -0.723. The summed E-state index contributed by atoms with van der Waals surface area (Å²) < 4.78 is 36.8. The standard InChI is InChI=1S/C17H20BFO4/c1-16(2)17(3,4)23-18(22-16)14-8-7-12(10-15(14)19)21-11-13-6-5-9-20-13/h5-10H,11H2,1-4H3. The number of benzene rings is 1. The first kappa shape index (κ1) is 16.1. The molecule has 0 unspecified atom stereocenters. The van der Waals surface area contributed by atoms with E-state index in [-0.39, 0.29) is 6.61 Å². The normalized spacial score (nSPS) is 19.1. The summed E-state index contributed by atoms with van der Waals surface area (Å²) in [5, 5.41) is 0. The minimum absolute atomic E-state index is 0.252. The topological polar surface area (TPSA) is 40.8 Å². The molecular weight excluding hydrogens is 298 g/mol. The van der Waals surface area contributed by atoms with E-state index in [1.165, 1.54) is 6.07 Å². The Morgan fingerprint density at radius 2 is 1.78 bits per heavy atom. The van der Waals surface area contributed by atoms with Gasteiger partial charge in [-0.3, -0.25) is 0 Å². The number of halogens is 1. The van der Waals surface area contributed by atoms with Gasteiger partial charge in [0.1, 0.15) is 23.9 Å². The van der Waals surface area contributed by atoms with Crippen molar-refractivity contribution in [1.82, 2.24) is 0 Å². The molecule has 0 radical (unpaired) electrons. The molecule has 0 bridgehead atoms. The molecule has 122 valence electrons. The van der Waals surface area contributed by atoms with Crippen molar-refractivity contribution in [2.24, 2.45) is 0 Å². The van der Waals surface area contributed by atoms with Gasteiger partial charge in [0.05, 0.1) is 17.5 Å². The van der Waals surface area contributed by atoms with Crippen LogP contribution in [0.25, 0.3) is 0 Å². The Labute approximate surface area is 135 Å². The van der Waals surface area contributed by atoms with Crippen molar-refractivity contribution in [1.29, 1.82) is 0 Å². The molecule has 0 saturated carbocycles. The fourth-order valence-electron chi connectivity index (χ4n) is 2.31. The first-order chi connectivity index (χ1) is 10.8. The second-order valence-electron chi connectivity index (χ2n) is 6.64. The Balaban J connectivity index is 1.73. The van der Waals surface area contributed by atoms with Crippen molar-refractivity contribution < 1.29 is 22.9 Å². The van der Waals surface area contributed by atoms with Gasteiger partial charge in [0, 0.05) is 11.5 Å². The SMILES string of the molecule is CC1(C)OB(c2ccc(OCc3ccco3)cc2F)OC1(C)C. The molecule has 0 amide bonds. The summed E-state index contributed by atoms with van der Waals surface area (Å²) in [6.45, 7) is 8.00. The molecule has 6 heteroatoms. The number of hydrogen-bond donors (Lipinski definition) is 0. The van der Waals surface area contributed by atoms with E-state index in [0.717, 1.165) is 0 Å². The molecule has 4 nitrogen and oxygen atoms in total. The Kier molecular flexibility index (Phi) is 3.98. The smallest absolute Gasteiger partial charge is 0.486 e. The summed E-state index contributed by atoms with van der Waals surface area (Å²) in [6.07, 6.45) is 1.57. The maximum absolute atomic E-state index is 14.4. The average molecular weight is 318 g/mol. The van der Waals surface area contributed by atoms with E-state index >= 15 is 0 Å². The van der Waals surface area contributed by atoms with E-state index < -0.39 is 24.1 Å². The molecular formula is C17H20BFO4. The van der Waals surface area contributed by atoms with Gasteiger partial charge in [-0.15, -0.1) is 0 Å². The molecule has 1 aliphatic rings. The largest absolute Gasteiger partial charge is 0.497 e. The lowest BCUT2D eigenvalue weighted by molar-refractivity contribution is 0.00578. The number of rotatable bonds is 4. The molecule has 0 spiro atoms. The third-order valence-corrected chi connectivity index (χ3v) is 4.44. The van der Waals surface area contributed by atoms with Gasteiger partial charge in [-0.2, -0.15) is 0 Å². The maximum Gasteiger partial charge on any atom is 0.497 e. The second kappa shape index (κ2) is 5.69. The van der Waals surface area contributed by atoms with Crippen LogP contribution in [-0.2, 0) is 15.9 Å². The van der Waals surface area contributed by atoms with Gasteiger partial charge in [0.2, 0.25) is 0 Å².